The minimum absolute atomic E-state index is 0. The van der Waals surface area contributed by atoms with E-state index in [1.54, 1.807) is 0 Å². The standard InChI is InChI=1S/C17H15N3O2.ClH/c1-10-6-12-7-15-16(22-9-21-15)8-14(12)17(20-19-10)11-2-4-13(18)5-3-11;/h2-5,7-8H,6,9,18H2,1H3;1H/p-1. The number of nitrogen functional groups attached to an aromatic ring is 1. The van der Waals surface area contributed by atoms with E-state index in [9.17, 15) is 0 Å². The summed E-state index contributed by atoms with van der Waals surface area (Å²) < 4.78 is 11.0. The van der Waals surface area contributed by atoms with E-state index in [4.69, 9.17) is 15.2 Å². The van der Waals surface area contributed by atoms with Gasteiger partial charge in [-0.25, -0.2) is 0 Å². The minimum Gasteiger partial charge on any atom is -1.00 e. The molecule has 0 spiro atoms. The Hall–Kier alpha value is -2.53. The van der Waals surface area contributed by atoms with Crippen LogP contribution in [0.15, 0.2) is 46.6 Å². The lowest BCUT2D eigenvalue weighted by molar-refractivity contribution is -0.00000609. The second kappa shape index (κ2) is 5.93. The number of halogens is 1. The number of nitrogens with zero attached hydrogens (tertiary/aromatic N) is 2. The lowest BCUT2D eigenvalue weighted by Crippen LogP contribution is -3.00. The minimum atomic E-state index is 0. The zero-order chi connectivity index (χ0) is 15.1. The summed E-state index contributed by atoms with van der Waals surface area (Å²) in [5.41, 5.74) is 11.4. The van der Waals surface area contributed by atoms with Gasteiger partial charge in [-0.1, -0.05) is 12.1 Å². The van der Waals surface area contributed by atoms with Gasteiger partial charge in [0.15, 0.2) is 11.5 Å². The van der Waals surface area contributed by atoms with E-state index < -0.39 is 0 Å². The van der Waals surface area contributed by atoms with Crippen LogP contribution in [0.25, 0.3) is 0 Å². The Morgan fingerprint density at radius 3 is 2.43 bits per heavy atom. The van der Waals surface area contributed by atoms with Gasteiger partial charge in [0.1, 0.15) is 5.71 Å². The SMILES string of the molecule is CC1=NN=C(c2ccc(N)cc2)c2cc3c(cc2C1)OCO3.[Cl-]. The van der Waals surface area contributed by atoms with Crippen molar-refractivity contribution < 1.29 is 21.9 Å². The van der Waals surface area contributed by atoms with Gasteiger partial charge in [0, 0.05) is 28.9 Å². The van der Waals surface area contributed by atoms with Crippen LogP contribution in [0.2, 0.25) is 0 Å². The molecule has 0 saturated heterocycles. The molecule has 0 aliphatic carbocycles. The van der Waals surface area contributed by atoms with Gasteiger partial charge in [-0.15, -0.1) is 5.10 Å². The summed E-state index contributed by atoms with van der Waals surface area (Å²) in [5, 5.41) is 8.75. The van der Waals surface area contributed by atoms with Gasteiger partial charge in [0.25, 0.3) is 0 Å². The van der Waals surface area contributed by atoms with E-state index in [-0.39, 0.29) is 19.2 Å². The highest BCUT2D eigenvalue weighted by Crippen LogP contribution is 2.36. The fraction of sp³-hybridized carbons (Fsp3) is 0.176. The van der Waals surface area contributed by atoms with Crippen molar-refractivity contribution in [3.05, 3.63) is 53.1 Å². The maximum absolute atomic E-state index is 5.77. The number of benzene rings is 2. The molecule has 2 N–H and O–H groups in total. The third kappa shape index (κ3) is 2.75. The fourth-order valence-electron chi connectivity index (χ4n) is 2.71. The molecule has 2 aromatic rings. The highest BCUT2D eigenvalue weighted by Gasteiger charge is 2.22. The molecule has 0 unspecified atom stereocenters. The molecule has 0 amide bonds. The van der Waals surface area contributed by atoms with Gasteiger partial charge in [0.2, 0.25) is 6.79 Å². The number of rotatable bonds is 1. The zero-order valence-electron chi connectivity index (χ0n) is 12.5. The summed E-state index contributed by atoms with van der Waals surface area (Å²) >= 11 is 0. The first kappa shape index (κ1) is 15.4. The van der Waals surface area contributed by atoms with Crippen LogP contribution in [0.1, 0.15) is 23.6 Å². The summed E-state index contributed by atoms with van der Waals surface area (Å²) in [6, 6.07) is 11.7. The van der Waals surface area contributed by atoms with Gasteiger partial charge in [-0.2, -0.15) is 5.10 Å². The molecule has 0 aromatic heterocycles. The lowest BCUT2D eigenvalue weighted by atomic mass is 9.94. The normalized spacial score (nSPS) is 15.0. The molecule has 0 fully saturated rings. The second-order valence-electron chi connectivity index (χ2n) is 5.45. The number of fused-ring (bicyclic) bond motifs is 2. The van der Waals surface area contributed by atoms with Crippen LogP contribution >= 0.6 is 0 Å². The molecule has 5 nitrogen and oxygen atoms in total. The van der Waals surface area contributed by atoms with Crippen LogP contribution in [-0.4, -0.2) is 18.2 Å². The smallest absolute Gasteiger partial charge is 0.231 e. The molecular formula is C17H15ClN3O2-. The van der Waals surface area contributed by atoms with Crippen molar-refractivity contribution in [2.75, 3.05) is 12.5 Å². The van der Waals surface area contributed by atoms with Gasteiger partial charge in [0.05, 0.1) is 0 Å². The van der Waals surface area contributed by atoms with Crippen molar-refractivity contribution in [1.82, 2.24) is 0 Å². The fourth-order valence-corrected chi connectivity index (χ4v) is 2.71. The van der Waals surface area contributed by atoms with Gasteiger partial charge >= 0.3 is 0 Å². The maximum Gasteiger partial charge on any atom is 0.231 e. The average Bonchev–Trinajstić information content (AvgIpc) is 2.89. The van der Waals surface area contributed by atoms with E-state index in [0.717, 1.165) is 51.7 Å². The quantitative estimate of drug-likeness (QED) is 0.735. The summed E-state index contributed by atoms with van der Waals surface area (Å²) in [6.07, 6.45) is 0.744. The molecule has 2 heterocycles. The number of hydrogen-bond donors (Lipinski definition) is 1. The van der Waals surface area contributed by atoms with Crippen LogP contribution in [-0.2, 0) is 6.42 Å². The second-order valence-corrected chi connectivity index (χ2v) is 5.45. The molecule has 23 heavy (non-hydrogen) atoms. The summed E-state index contributed by atoms with van der Waals surface area (Å²) in [4.78, 5) is 0. The summed E-state index contributed by atoms with van der Waals surface area (Å²) in [5.74, 6) is 1.53. The van der Waals surface area contributed by atoms with E-state index in [2.05, 4.69) is 10.2 Å². The number of hydrogen-bond acceptors (Lipinski definition) is 5. The highest BCUT2D eigenvalue weighted by atomic mass is 35.5. The third-order valence-electron chi connectivity index (χ3n) is 3.80. The largest absolute Gasteiger partial charge is 1.00 e. The van der Waals surface area contributed by atoms with Crippen LogP contribution in [0.3, 0.4) is 0 Å². The highest BCUT2D eigenvalue weighted by molar-refractivity contribution is 6.15. The first-order valence-corrected chi connectivity index (χ1v) is 7.10. The predicted molar refractivity (Wildman–Crippen MR) is 85.9 cm³/mol. The van der Waals surface area contributed by atoms with Crippen LogP contribution < -0.4 is 27.6 Å². The topological polar surface area (TPSA) is 69.2 Å². The van der Waals surface area contributed by atoms with Crippen molar-refractivity contribution in [2.24, 2.45) is 10.2 Å². The summed E-state index contributed by atoms with van der Waals surface area (Å²) in [7, 11) is 0. The number of ether oxygens (including phenoxy) is 2. The van der Waals surface area contributed by atoms with Crippen molar-refractivity contribution in [1.29, 1.82) is 0 Å². The Morgan fingerprint density at radius 1 is 1.00 bits per heavy atom. The zero-order valence-corrected chi connectivity index (χ0v) is 13.3. The molecule has 4 rings (SSSR count). The van der Waals surface area contributed by atoms with E-state index in [1.807, 2.05) is 43.3 Å². The lowest BCUT2D eigenvalue weighted by Gasteiger charge is -2.11. The van der Waals surface area contributed by atoms with E-state index in [1.165, 1.54) is 0 Å². The van der Waals surface area contributed by atoms with Gasteiger partial charge in [-0.05, 0) is 36.8 Å². The number of nitrogens with two attached hydrogens (primary N) is 1. The molecule has 0 atom stereocenters. The first-order valence-electron chi connectivity index (χ1n) is 7.10. The van der Waals surface area contributed by atoms with Crippen LogP contribution in [0.5, 0.6) is 11.5 Å². The van der Waals surface area contributed by atoms with Crippen LogP contribution in [0.4, 0.5) is 5.69 Å². The molecule has 0 radical (unpaired) electrons. The van der Waals surface area contributed by atoms with Crippen molar-refractivity contribution in [3.8, 4) is 11.5 Å². The Kier molecular flexibility index (Phi) is 3.96. The molecule has 2 aromatic carbocycles. The number of anilines is 1. The third-order valence-corrected chi connectivity index (χ3v) is 3.80. The molecule has 2 aliphatic rings. The Bertz CT molecular complexity index is 813. The monoisotopic (exact) mass is 328 g/mol. The van der Waals surface area contributed by atoms with Crippen molar-refractivity contribution in [2.45, 2.75) is 13.3 Å². The molecule has 6 heteroatoms. The molecular weight excluding hydrogens is 314 g/mol. The van der Waals surface area contributed by atoms with E-state index in [0.29, 0.717) is 0 Å². The Morgan fingerprint density at radius 2 is 1.70 bits per heavy atom. The van der Waals surface area contributed by atoms with Crippen molar-refractivity contribution in [3.63, 3.8) is 0 Å². The molecule has 0 bridgehead atoms. The molecule has 2 aliphatic heterocycles. The maximum atomic E-state index is 5.77. The van der Waals surface area contributed by atoms with Gasteiger partial charge < -0.3 is 27.6 Å². The molecule has 0 saturated carbocycles. The van der Waals surface area contributed by atoms with Crippen molar-refractivity contribution >= 4 is 17.1 Å². The average molecular weight is 329 g/mol. The summed E-state index contributed by atoms with van der Waals surface area (Å²) in [6.45, 7) is 2.24. The Labute approximate surface area is 140 Å². The van der Waals surface area contributed by atoms with Crippen LogP contribution in [0, 0.1) is 0 Å². The van der Waals surface area contributed by atoms with E-state index >= 15 is 0 Å². The first-order chi connectivity index (χ1) is 10.7. The van der Waals surface area contributed by atoms with Gasteiger partial charge in [-0.3, -0.25) is 0 Å². The molecule has 118 valence electrons. The Balaban J connectivity index is 0.00000156. The predicted octanol–water partition coefficient (Wildman–Crippen LogP) is -0.229.